The third-order valence-corrected chi connectivity index (χ3v) is 4.66. The zero-order valence-corrected chi connectivity index (χ0v) is 14.3. The summed E-state index contributed by atoms with van der Waals surface area (Å²) in [6, 6.07) is 14.8. The van der Waals surface area contributed by atoms with Crippen molar-refractivity contribution in [1.29, 1.82) is 0 Å². The molecule has 0 amide bonds. The van der Waals surface area contributed by atoms with Gasteiger partial charge in [-0.25, -0.2) is 4.39 Å². The molecular weight excluding hydrogens is 315 g/mol. The molecule has 1 fully saturated rings. The summed E-state index contributed by atoms with van der Waals surface area (Å²) in [6.45, 7) is 4.57. The number of benzene rings is 2. The van der Waals surface area contributed by atoms with Gasteiger partial charge in [0.25, 0.3) is 0 Å². The van der Waals surface area contributed by atoms with Crippen molar-refractivity contribution in [2.75, 3.05) is 18.0 Å². The van der Waals surface area contributed by atoms with Gasteiger partial charge < -0.3 is 9.64 Å². The van der Waals surface area contributed by atoms with Crippen LogP contribution in [0.4, 0.5) is 10.1 Å². The van der Waals surface area contributed by atoms with E-state index in [-0.39, 0.29) is 11.6 Å². The molecule has 3 nitrogen and oxygen atoms in total. The molecule has 0 aliphatic carbocycles. The van der Waals surface area contributed by atoms with Crippen LogP contribution in [0.5, 0.6) is 5.75 Å². The highest BCUT2D eigenvalue weighted by Gasteiger charge is 2.16. The van der Waals surface area contributed by atoms with Gasteiger partial charge in [-0.1, -0.05) is 24.3 Å². The summed E-state index contributed by atoms with van der Waals surface area (Å²) >= 11 is 0. The first-order valence-corrected chi connectivity index (χ1v) is 8.73. The average molecular weight is 336 g/mol. The molecule has 128 valence electrons. The number of rotatable bonds is 4. The Labute approximate surface area is 147 Å². The van der Waals surface area contributed by atoms with Crippen LogP contribution in [0.15, 0.2) is 48.5 Å². The highest BCUT2D eigenvalue weighted by atomic mass is 19.1. The van der Waals surface area contributed by atoms with Crippen molar-refractivity contribution in [3.8, 4) is 5.75 Å². The van der Waals surface area contributed by atoms with Gasteiger partial charge >= 0.3 is 0 Å². The number of hydrogen-bond acceptors (Lipinski definition) is 3. The van der Waals surface area contributed by atoms with Crippen LogP contribution < -0.4 is 9.64 Å². The third-order valence-electron chi connectivity index (χ3n) is 4.66. The molecule has 4 heteroatoms. The van der Waals surface area contributed by atoms with Crippen LogP contribution >= 0.6 is 0 Å². The van der Waals surface area contributed by atoms with Crippen molar-refractivity contribution < 1.29 is 9.13 Å². The van der Waals surface area contributed by atoms with E-state index in [0.29, 0.717) is 6.61 Å². The largest absolute Gasteiger partial charge is 0.486 e. The van der Waals surface area contributed by atoms with E-state index in [0.717, 1.165) is 29.9 Å². The van der Waals surface area contributed by atoms with E-state index in [1.807, 2.05) is 19.1 Å². The molecule has 2 aromatic carbocycles. The first kappa shape index (κ1) is 15.9. The lowest BCUT2D eigenvalue weighted by Gasteiger charge is -2.20. The maximum Gasteiger partial charge on any atom is 0.165 e. The Bertz CT molecular complexity index is 904. The summed E-state index contributed by atoms with van der Waals surface area (Å²) in [6.07, 6.45) is 2.49. The van der Waals surface area contributed by atoms with E-state index in [1.54, 1.807) is 18.2 Å². The number of halogens is 1. The molecule has 2 heterocycles. The molecule has 0 N–H and O–H groups in total. The number of pyridine rings is 1. The Morgan fingerprint density at radius 2 is 1.88 bits per heavy atom. The molecule has 0 saturated carbocycles. The molecule has 0 atom stereocenters. The number of aromatic nitrogens is 1. The number of anilines is 1. The van der Waals surface area contributed by atoms with E-state index in [2.05, 4.69) is 22.0 Å². The molecule has 0 unspecified atom stereocenters. The van der Waals surface area contributed by atoms with Gasteiger partial charge in [0.15, 0.2) is 11.6 Å². The first-order chi connectivity index (χ1) is 12.2. The lowest BCUT2D eigenvalue weighted by Crippen LogP contribution is -2.18. The Balaban J connectivity index is 1.62. The second kappa shape index (κ2) is 6.71. The van der Waals surface area contributed by atoms with E-state index in [1.165, 1.54) is 30.0 Å². The zero-order valence-electron chi connectivity index (χ0n) is 14.3. The molecule has 25 heavy (non-hydrogen) atoms. The van der Waals surface area contributed by atoms with Gasteiger partial charge in [0.1, 0.15) is 6.61 Å². The monoisotopic (exact) mass is 336 g/mol. The first-order valence-electron chi connectivity index (χ1n) is 8.73. The Morgan fingerprint density at radius 3 is 2.68 bits per heavy atom. The normalized spacial score (nSPS) is 14.2. The van der Waals surface area contributed by atoms with Crippen LogP contribution in [-0.4, -0.2) is 18.1 Å². The predicted octanol–water partition coefficient (Wildman–Crippen LogP) is 4.86. The molecule has 1 aliphatic heterocycles. The van der Waals surface area contributed by atoms with E-state index in [9.17, 15) is 4.39 Å². The van der Waals surface area contributed by atoms with E-state index < -0.39 is 0 Å². The van der Waals surface area contributed by atoms with Gasteiger partial charge in [-0.05, 0) is 49.6 Å². The number of ether oxygens (including phenoxy) is 1. The van der Waals surface area contributed by atoms with Crippen LogP contribution in [0.1, 0.15) is 24.1 Å². The summed E-state index contributed by atoms with van der Waals surface area (Å²) in [4.78, 5) is 7.12. The van der Waals surface area contributed by atoms with Crippen molar-refractivity contribution in [3.63, 3.8) is 0 Å². The number of nitrogens with zero attached hydrogens (tertiary/aromatic N) is 2. The quantitative estimate of drug-likeness (QED) is 0.680. The maximum absolute atomic E-state index is 13.7. The van der Waals surface area contributed by atoms with Crippen LogP contribution in [0.2, 0.25) is 0 Å². The van der Waals surface area contributed by atoms with Crippen LogP contribution in [0.25, 0.3) is 10.9 Å². The van der Waals surface area contributed by atoms with Crippen LogP contribution in [0, 0.1) is 12.7 Å². The maximum atomic E-state index is 13.7. The zero-order chi connectivity index (χ0) is 17.2. The number of hydrogen-bond donors (Lipinski definition) is 0. The van der Waals surface area contributed by atoms with Crippen molar-refractivity contribution in [3.05, 3.63) is 65.6 Å². The Morgan fingerprint density at radius 1 is 1.08 bits per heavy atom. The van der Waals surface area contributed by atoms with Gasteiger partial charge in [0, 0.05) is 29.9 Å². The SMILES string of the molecule is Cc1cc(N2CCCC2)c2ccc(COc3ccccc3F)cc2n1. The average Bonchev–Trinajstić information content (AvgIpc) is 3.14. The summed E-state index contributed by atoms with van der Waals surface area (Å²) < 4.78 is 19.3. The fourth-order valence-electron chi connectivity index (χ4n) is 3.42. The molecule has 0 bridgehead atoms. The second-order valence-corrected chi connectivity index (χ2v) is 6.55. The minimum Gasteiger partial charge on any atom is -0.486 e. The fourth-order valence-corrected chi connectivity index (χ4v) is 3.42. The number of aryl methyl sites for hydroxylation is 1. The van der Waals surface area contributed by atoms with Gasteiger partial charge in [0.05, 0.1) is 5.52 Å². The van der Waals surface area contributed by atoms with Crippen molar-refractivity contribution in [2.24, 2.45) is 0 Å². The highest BCUT2D eigenvalue weighted by molar-refractivity contribution is 5.92. The summed E-state index contributed by atoms with van der Waals surface area (Å²) in [5, 5.41) is 1.17. The lowest BCUT2D eigenvalue weighted by atomic mass is 10.1. The predicted molar refractivity (Wildman–Crippen MR) is 98.7 cm³/mol. The molecule has 1 aliphatic rings. The van der Waals surface area contributed by atoms with Gasteiger partial charge in [-0.2, -0.15) is 0 Å². The van der Waals surface area contributed by atoms with Crippen molar-refractivity contribution in [1.82, 2.24) is 4.98 Å². The van der Waals surface area contributed by atoms with Crippen LogP contribution in [-0.2, 0) is 6.61 Å². The van der Waals surface area contributed by atoms with E-state index in [4.69, 9.17) is 4.74 Å². The second-order valence-electron chi connectivity index (χ2n) is 6.55. The van der Waals surface area contributed by atoms with Crippen molar-refractivity contribution >= 4 is 16.6 Å². The topological polar surface area (TPSA) is 25.4 Å². The van der Waals surface area contributed by atoms with Gasteiger partial charge in [-0.15, -0.1) is 0 Å². The van der Waals surface area contributed by atoms with Gasteiger partial charge in [0.2, 0.25) is 0 Å². The molecule has 1 saturated heterocycles. The Kier molecular flexibility index (Phi) is 4.26. The summed E-state index contributed by atoms with van der Waals surface area (Å²) in [5.41, 5.74) is 4.24. The summed E-state index contributed by atoms with van der Waals surface area (Å²) in [5.74, 6) is -0.0638. The number of para-hydroxylation sites is 1. The minimum absolute atomic E-state index is 0.276. The molecule has 3 aromatic rings. The fraction of sp³-hybridized carbons (Fsp3) is 0.286. The Hall–Kier alpha value is -2.62. The third kappa shape index (κ3) is 3.29. The smallest absolute Gasteiger partial charge is 0.165 e. The number of fused-ring (bicyclic) bond motifs is 1. The van der Waals surface area contributed by atoms with E-state index >= 15 is 0 Å². The van der Waals surface area contributed by atoms with Crippen molar-refractivity contribution in [2.45, 2.75) is 26.4 Å². The molecule has 1 aromatic heterocycles. The molecule has 4 rings (SSSR count). The summed E-state index contributed by atoms with van der Waals surface area (Å²) in [7, 11) is 0. The molecule has 0 spiro atoms. The van der Waals surface area contributed by atoms with Gasteiger partial charge in [-0.3, -0.25) is 4.98 Å². The molecule has 0 radical (unpaired) electrons. The molecular formula is C21H21FN2O. The highest BCUT2D eigenvalue weighted by Crippen LogP contribution is 2.30. The van der Waals surface area contributed by atoms with Crippen LogP contribution in [0.3, 0.4) is 0 Å². The minimum atomic E-state index is -0.339. The standard InChI is InChI=1S/C21H21FN2O/c1-15-12-20(24-10-4-5-11-24)17-9-8-16(13-19(17)23-15)14-25-21-7-3-2-6-18(21)22/h2-3,6-9,12-13H,4-5,10-11,14H2,1H3. The lowest BCUT2D eigenvalue weighted by molar-refractivity contribution is 0.290.